The van der Waals surface area contributed by atoms with Gasteiger partial charge in [0.25, 0.3) is 0 Å². The second kappa shape index (κ2) is 6.44. The maximum absolute atomic E-state index is 9.44. The molecule has 1 rings (SSSR count). The third-order valence-corrected chi connectivity index (χ3v) is 2.69. The fourth-order valence-electron chi connectivity index (χ4n) is 2.18. The van der Waals surface area contributed by atoms with Gasteiger partial charge in [-0.2, -0.15) is 0 Å². The molecule has 0 radical (unpaired) electrons. The Bertz CT molecular complexity index is 120. The van der Waals surface area contributed by atoms with Gasteiger partial charge in [-0.15, -0.1) is 0 Å². The molecule has 1 aliphatic rings. The molecule has 1 fully saturated rings. The van der Waals surface area contributed by atoms with Crippen LogP contribution in [0.5, 0.6) is 0 Å². The van der Waals surface area contributed by atoms with Gasteiger partial charge in [-0.25, -0.2) is 0 Å². The molecule has 1 heterocycles. The lowest BCUT2D eigenvalue weighted by molar-refractivity contribution is 0.178. The second-order valence-electron chi connectivity index (χ2n) is 3.71. The topological polar surface area (TPSA) is 23.5 Å². The van der Waals surface area contributed by atoms with Crippen molar-refractivity contribution < 1.29 is 5.02 Å². The normalized spacial score (nSPS) is 29.1. The standard InChI is InChI=1S/C8H18BNO.C2H6/c1-7-5-4-6-8(2)10(7)9(3)11;1-2/h7-8,11H,4-6H2,1-3H3;1-2H3. The maximum atomic E-state index is 9.44. The largest absolute Gasteiger partial charge is 0.437 e. The zero-order chi connectivity index (χ0) is 10.4. The first-order valence-electron chi connectivity index (χ1n) is 5.58. The number of hydrogen-bond donors (Lipinski definition) is 1. The summed E-state index contributed by atoms with van der Waals surface area (Å²) in [5, 5.41) is 9.44. The van der Waals surface area contributed by atoms with Gasteiger partial charge in [-0.3, -0.25) is 0 Å². The molecule has 3 heteroatoms. The van der Waals surface area contributed by atoms with Crippen LogP contribution in [0.4, 0.5) is 0 Å². The van der Waals surface area contributed by atoms with Crippen molar-refractivity contribution in [3.8, 4) is 0 Å². The van der Waals surface area contributed by atoms with Crippen molar-refractivity contribution in [3.63, 3.8) is 0 Å². The summed E-state index contributed by atoms with van der Waals surface area (Å²) in [7, 11) is -0.278. The number of piperidine rings is 1. The Balaban J connectivity index is 0.000000671. The minimum atomic E-state index is -0.278. The summed E-state index contributed by atoms with van der Waals surface area (Å²) in [5.41, 5.74) is 0. The van der Waals surface area contributed by atoms with Crippen molar-refractivity contribution in [2.75, 3.05) is 0 Å². The minimum absolute atomic E-state index is 0.278. The van der Waals surface area contributed by atoms with Gasteiger partial charge in [0.15, 0.2) is 0 Å². The second-order valence-corrected chi connectivity index (χ2v) is 3.71. The van der Waals surface area contributed by atoms with Crippen LogP contribution in [-0.2, 0) is 0 Å². The molecule has 0 amide bonds. The summed E-state index contributed by atoms with van der Waals surface area (Å²) in [6.45, 7) is 10.3. The average Bonchev–Trinajstić information content (AvgIpc) is 2.07. The van der Waals surface area contributed by atoms with Crippen molar-refractivity contribution in [2.45, 2.75) is 65.9 Å². The van der Waals surface area contributed by atoms with Crippen molar-refractivity contribution in [2.24, 2.45) is 0 Å². The molecule has 0 aliphatic carbocycles. The molecule has 0 aromatic rings. The Morgan fingerprint density at radius 3 is 1.77 bits per heavy atom. The lowest BCUT2D eigenvalue weighted by atomic mass is 9.77. The van der Waals surface area contributed by atoms with Gasteiger partial charge in [0.1, 0.15) is 0 Å². The molecular formula is C10H24BNO. The third-order valence-electron chi connectivity index (χ3n) is 2.69. The first-order chi connectivity index (χ1) is 6.13. The summed E-state index contributed by atoms with van der Waals surface area (Å²) in [5.74, 6) is 0. The van der Waals surface area contributed by atoms with E-state index in [2.05, 4.69) is 18.7 Å². The highest BCUT2D eigenvalue weighted by Gasteiger charge is 2.29. The van der Waals surface area contributed by atoms with Crippen LogP contribution in [0, 0.1) is 0 Å². The van der Waals surface area contributed by atoms with E-state index in [4.69, 9.17) is 0 Å². The first kappa shape index (κ1) is 13.0. The number of rotatable bonds is 1. The summed E-state index contributed by atoms with van der Waals surface area (Å²) < 4.78 is 0. The Kier molecular flexibility index (Phi) is 6.43. The summed E-state index contributed by atoms with van der Waals surface area (Å²) in [6, 6.07) is 1.11. The van der Waals surface area contributed by atoms with Crippen LogP contribution in [0.3, 0.4) is 0 Å². The zero-order valence-corrected chi connectivity index (χ0v) is 9.75. The Morgan fingerprint density at radius 1 is 1.15 bits per heavy atom. The highest BCUT2D eigenvalue weighted by Crippen LogP contribution is 2.22. The van der Waals surface area contributed by atoms with E-state index in [9.17, 15) is 5.02 Å². The van der Waals surface area contributed by atoms with Crippen molar-refractivity contribution >= 4 is 7.05 Å². The van der Waals surface area contributed by atoms with E-state index < -0.39 is 0 Å². The highest BCUT2D eigenvalue weighted by molar-refractivity contribution is 6.45. The molecule has 2 unspecified atom stereocenters. The van der Waals surface area contributed by atoms with Gasteiger partial charge in [0, 0.05) is 0 Å². The Labute approximate surface area is 83.5 Å². The molecule has 1 N–H and O–H groups in total. The third kappa shape index (κ3) is 3.69. The van der Waals surface area contributed by atoms with Gasteiger partial charge in [0.05, 0.1) is 0 Å². The first-order valence-corrected chi connectivity index (χ1v) is 5.58. The van der Waals surface area contributed by atoms with E-state index in [1.54, 1.807) is 0 Å². The van der Waals surface area contributed by atoms with Crippen LogP contribution in [-0.4, -0.2) is 29.0 Å². The molecular weight excluding hydrogens is 161 g/mol. The van der Waals surface area contributed by atoms with Crippen LogP contribution in [0.1, 0.15) is 47.0 Å². The maximum Gasteiger partial charge on any atom is 0.376 e. The molecule has 0 spiro atoms. The highest BCUT2D eigenvalue weighted by atomic mass is 16.2. The lowest BCUT2D eigenvalue weighted by Crippen LogP contribution is -2.51. The van der Waals surface area contributed by atoms with Gasteiger partial charge in [-0.1, -0.05) is 34.1 Å². The predicted octanol–water partition coefficient (Wildman–Crippen LogP) is 2.39. The van der Waals surface area contributed by atoms with Crippen molar-refractivity contribution in [1.82, 2.24) is 4.81 Å². The van der Waals surface area contributed by atoms with Crippen LogP contribution >= 0.6 is 0 Å². The van der Waals surface area contributed by atoms with E-state index in [0.717, 1.165) is 0 Å². The lowest BCUT2D eigenvalue weighted by Gasteiger charge is -2.39. The fourth-order valence-corrected chi connectivity index (χ4v) is 2.18. The SMILES string of the molecule is CB(O)N1C(C)CCCC1C.CC. The van der Waals surface area contributed by atoms with E-state index >= 15 is 0 Å². The van der Waals surface area contributed by atoms with Crippen LogP contribution in [0.15, 0.2) is 0 Å². The fraction of sp³-hybridized carbons (Fsp3) is 1.00. The molecule has 78 valence electrons. The molecule has 2 atom stereocenters. The van der Waals surface area contributed by atoms with E-state index in [0.29, 0.717) is 12.1 Å². The molecule has 0 aromatic heterocycles. The van der Waals surface area contributed by atoms with Gasteiger partial charge in [-0.05, 0) is 31.7 Å². The smallest absolute Gasteiger partial charge is 0.376 e. The Hall–Kier alpha value is -0.0151. The molecule has 1 aliphatic heterocycles. The molecule has 2 nitrogen and oxygen atoms in total. The van der Waals surface area contributed by atoms with E-state index in [1.807, 2.05) is 20.7 Å². The van der Waals surface area contributed by atoms with Crippen LogP contribution in [0.2, 0.25) is 6.82 Å². The average molecular weight is 185 g/mol. The Morgan fingerprint density at radius 2 is 1.54 bits per heavy atom. The molecule has 0 saturated carbocycles. The summed E-state index contributed by atoms with van der Waals surface area (Å²) in [4.78, 5) is 2.20. The van der Waals surface area contributed by atoms with E-state index in [1.165, 1.54) is 19.3 Å². The van der Waals surface area contributed by atoms with Crippen molar-refractivity contribution in [3.05, 3.63) is 0 Å². The van der Waals surface area contributed by atoms with Gasteiger partial charge < -0.3 is 9.83 Å². The molecule has 13 heavy (non-hydrogen) atoms. The monoisotopic (exact) mass is 185 g/mol. The summed E-state index contributed by atoms with van der Waals surface area (Å²) >= 11 is 0. The summed E-state index contributed by atoms with van der Waals surface area (Å²) in [6.07, 6.45) is 3.77. The van der Waals surface area contributed by atoms with Crippen LogP contribution in [0.25, 0.3) is 0 Å². The number of hydrogen-bond acceptors (Lipinski definition) is 2. The molecule has 0 aromatic carbocycles. The zero-order valence-electron chi connectivity index (χ0n) is 9.75. The predicted molar refractivity (Wildman–Crippen MR) is 59.8 cm³/mol. The molecule has 1 saturated heterocycles. The molecule has 0 bridgehead atoms. The minimum Gasteiger partial charge on any atom is -0.437 e. The van der Waals surface area contributed by atoms with Gasteiger partial charge >= 0.3 is 7.05 Å². The van der Waals surface area contributed by atoms with Crippen LogP contribution < -0.4 is 0 Å². The van der Waals surface area contributed by atoms with Crippen molar-refractivity contribution in [1.29, 1.82) is 0 Å². The van der Waals surface area contributed by atoms with E-state index in [-0.39, 0.29) is 7.05 Å². The quantitative estimate of drug-likeness (QED) is 0.634. The number of nitrogens with zero attached hydrogens (tertiary/aromatic N) is 1. The van der Waals surface area contributed by atoms with Gasteiger partial charge in [0.2, 0.25) is 0 Å².